The van der Waals surface area contributed by atoms with Crippen molar-refractivity contribution >= 4 is 52.0 Å². The first kappa shape index (κ1) is 18.6. The minimum Gasteiger partial charge on any atom is -0.449 e. The first-order chi connectivity index (χ1) is 11.5. The second-order valence-corrected chi connectivity index (χ2v) is 7.27. The van der Waals surface area contributed by atoms with Gasteiger partial charge in [0.2, 0.25) is 0 Å². The van der Waals surface area contributed by atoms with Crippen molar-refractivity contribution in [2.24, 2.45) is 0 Å². The summed E-state index contributed by atoms with van der Waals surface area (Å²) in [7, 11) is 1.97. The van der Waals surface area contributed by atoms with Crippen LogP contribution in [-0.2, 0) is 11.3 Å². The lowest BCUT2D eigenvalue weighted by molar-refractivity contribution is 0.163. The maximum absolute atomic E-state index is 11.7. The van der Waals surface area contributed by atoms with E-state index in [0.717, 1.165) is 21.4 Å². The molecule has 4 nitrogen and oxygen atoms in total. The lowest BCUT2D eigenvalue weighted by Gasteiger charge is -2.19. The van der Waals surface area contributed by atoms with Gasteiger partial charge in [0.1, 0.15) is 0 Å². The molecule has 0 aliphatic rings. The van der Waals surface area contributed by atoms with Gasteiger partial charge in [-0.3, -0.25) is 5.32 Å². The topological polar surface area (TPSA) is 41.6 Å². The zero-order valence-corrected chi connectivity index (χ0v) is 15.5. The molecule has 0 saturated heterocycles. The number of amides is 1. The van der Waals surface area contributed by atoms with Crippen LogP contribution in [0.2, 0.25) is 9.36 Å². The number of hydrogen-bond acceptors (Lipinski definition) is 4. The number of hydrogen-bond donors (Lipinski definition) is 1. The molecule has 24 heavy (non-hydrogen) atoms. The van der Waals surface area contributed by atoms with Crippen molar-refractivity contribution in [2.75, 3.05) is 23.9 Å². The molecular weight excluding hydrogens is 367 g/mol. The fourth-order valence-corrected chi connectivity index (χ4v) is 3.35. The quantitative estimate of drug-likeness (QED) is 0.483. The molecule has 1 N–H and O–H groups in total. The fraction of sp³-hybridized carbons (Fsp3) is 0.235. The standard InChI is InChI=1S/C17H18Cl2N2O2S/c1-3-4-9-23-17(22)20-15-7-5-12(10-14(15)18)21(2)11-13-6-8-16(19)24-13/h3,5-8,10H,1,4,9,11H2,2H3,(H,20,22). The minimum absolute atomic E-state index is 0.289. The van der Waals surface area contributed by atoms with E-state index in [0.29, 0.717) is 17.1 Å². The van der Waals surface area contributed by atoms with Gasteiger partial charge >= 0.3 is 6.09 Å². The molecule has 0 aliphatic heterocycles. The van der Waals surface area contributed by atoms with E-state index in [9.17, 15) is 4.79 Å². The molecule has 0 aliphatic carbocycles. The Bertz CT molecular complexity index is 718. The van der Waals surface area contributed by atoms with Crippen LogP contribution in [0.3, 0.4) is 0 Å². The van der Waals surface area contributed by atoms with Gasteiger partial charge in [0.05, 0.1) is 28.2 Å². The van der Waals surface area contributed by atoms with Crippen LogP contribution in [0.5, 0.6) is 0 Å². The molecule has 0 bridgehead atoms. The van der Waals surface area contributed by atoms with Crippen LogP contribution in [-0.4, -0.2) is 19.7 Å². The Balaban J connectivity index is 1.98. The van der Waals surface area contributed by atoms with E-state index in [4.69, 9.17) is 27.9 Å². The van der Waals surface area contributed by atoms with Gasteiger partial charge < -0.3 is 9.64 Å². The van der Waals surface area contributed by atoms with Crippen LogP contribution in [0.4, 0.5) is 16.2 Å². The Hall–Kier alpha value is -1.69. The van der Waals surface area contributed by atoms with Crippen LogP contribution in [0, 0.1) is 0 Å². The highest BCUT2D eigenvalue weighted by Crippen LogP contribution is 2.29. The number of benzene rings is 1. The Morgan fingerprint density at radius 2 is 2.17 bits per heavy atom. The smallest absolute Gasteiger partial charge is 0.411 e. The van der Waals surface area contributed by atoms with E-state index in [2.05, 4.69) is 16.8 Å². The lowest BCUT2D eigenvalue weighted by atomic mass is 10.2. The van der Waals surface area contributed by atoms with Crippen molar-refractivity contribution in [2.45, 2.75) is 13.0 Å². The summed E-state index contributed by atoms with van der Waals surface area (Å²) >= 11 is 13.8. The summed E-state index contributed by atoms with van der Waals surface area (Å²) in [5.74, 6) is 0. The third-order valence-electron chi connectivity index (χ3n) is 3.21. The van der Waals surface area contributed by atoms with Crippen molar-refractivity contribution in [3.8, 4) is 0 Å². The second-order valence-electron chi connectivity index (χ2n) is 5.06. The summed E-state index contributed by atoms with van der Waals surface area (Å²) in [6.07, 6.45) is 1.76. The lowest BCUT2D eigenvalue weighted by Crippen LogP contribution is -2.17. The van der Waals surface area contributed by atoms with E-state index in [1.165, 1.54) is 0 Å². The normalized spacial score (nSPS) is 10.3. The number of anilines is 2. The molecule has 0 saturated carbocycles. The molecular formula is C17H18Cl2N2O2S. The van der Waals surface area contributed by atoms with Crippen molar-refractivity contribution in [1.29, 1.82) is 0 Å². The van der Waals surface area contributed by atoms with E-state index < -0.39 is 6.09 Å². The number of ether oxygens (including phenoxy) is 1. The molecule has 0 radical (unpaired) electrons. The number of thiophene rings is 1. The average molecular weight is 385 g/mol. The van der Waals surface area contributed by atoms with Gasteiger partial charge in [-0.2, -0.15) is 0 Å². The van der Waals surface area contributed by atoms with Gasteiger partial charge in [0, 0.05) is 17.6 Å². The van der Waals surface area contributed by atoms with Gasteiger partial charge in [-0.05, 0) is 36.8 Å². The fourth-order valence-electron chi connectivity index (χ4n) is 1.99. The number of nitrogens with zero attached hydrogens (tertiary/aromatic N) is 1. The van der Waals surface area contributed by atoms with Gasteiger partial charge in [0.25, 0.3) is 0 Å². The number of rotatable bonds is 7. The molecule has 2 rings (SSSR count). The molecule has 0 fully saturated rings. The molecule has 0 spiro atoms. The summed E-state index contributed by atoms with van der Waals surface area (Å²) in [5.41, 5.74) is 1.45. The van der Waals surface area contributed by atoms with Crippen molar-refractivity contribution in [1.82, 2.24) is 0 Å². The molecule has 2 aromatic rings. The SMILES string of the molecule is C=CCCOC(=O)Nc1ccc(N(C)Cc2ccc(Cl)s2)cc1Cl. The summed E-state index contributed by atoms with van der Waals surface area (Å²) in [6.45, 7) is 4.58. The van der Waals surface area contributed by atoms with Crippen molar-refractivity contribution in [3.05, 3.63) is 57.2 Å². The predicted octanol–water partition coefficient (Wildman–Crippen LogP) is 5.82. The maximum atomic E-state index is 11.7. The molecule has 1 aromatic carbocycles. The Morgan fingerprint density at radius 1 is 1.38 bits per heavy atom. The van der Waals surface area contributed by atoms with Crippen LogP contribution >= 0.6 is 34.5 Å². The zero-order chi connectivity index (χ0) is 17.5. The highest BCUT2D eigenvalue weighted by Gasteiger charge is 2.10. The second kappa shape index (κ2) is 8.97. The zero-order valence-electron chi connectivity index (χ0n) is 13.2. The third kappa shape index (κ3) is 5.44. The summed E-state index contributed by atoms with van der Waals surface area (Å²) < 4.78 is 5.77. The maximum Gasteiger partial charge on any atom is 0.411 e. The van der Waals surface area contributed by atoms with Gasteiger partial charge in [0.15, 0.2) is 0 Å². The molecule has 7 heteroatoms. The van der Waals surface area contributed by atoms with E-state index >= 15 is 0 Å². The van der Waals surface area contributed by atoms with Crippen LogP contribution in [0.1, 0.15) is 11.3 Å². The monoisotopic (exact) mass is 384 g/mol. The predicted molar refractivity (Wildman–Crippen MR) is 103 cm³/mol. The molecule has 0 atom stereocenters. The summed E-state index contributed by atoms with van der Waals surface area (Å²) in [6, 6.07) is 9.33. The number of carbonyl (C=O) groups is 1. The number of halogens is 2. The van der Waals surface area contributed by atoms with E-state index in [1.807, 2.05) is 25.2 Å². The van der Waals surface area contributed by atoms with Gasteiger partial charge in [-0.15, -0.1) is 17.9 Å². The number of carbonyl (C=O) groups excluding carboxylic acids is 1. The summed E-state index contributed by atoms with van der Waals surface area (Å²) in [4.78, 5) is 14.9. The summed E-state index contributed by atoms with van der Waals surface area (Å²) in [5, 5.41) is 3.08. The highest BCUT2D eigenvalue weighted by atomic mass is 35.5. The largest absolute Gasteiger partial charge is 0.449 e. The number of nitrogens with one attached hydrogen (secondary N) is 1. The molecule has 1 amide bonds. The third-order valence-corrected chi connectivity index (χ3v) is 4.74. The van der Waals surface area contributed by atoms with Crippen LogP contribution < -0.4 is 10.2 Å². The van der Waals surface area contributed by atoms with Crippen LogP contribution in [0.15, 0.2) is 43.0 Å². The Morgan fingerprint density at radius 3 is 2.79 bits per heavy atom. The highest BCUT2D eigenvalue weighted by molar-refractivity contribution is 7.16. The van der Waals surface area contributed by atoms with Crippen molar-refractivity contribution in [3.63, 3.8) is 0 Å². The molecule has 1 heterocycles. The Kier molecular flexibility index (Phi) is 6.97. The first-order valence-corrected chi connectivity index (χ1v) is 8.86. The van der Waals surface area contributed by atoms with Crippen LogP contribution in [0.25, 0.3) is 0 Å². The van der Waals surface area contributed by atoms with Gasteiger partial charge in [-0.25, -0.2) is 4.79 Å². The van der Waals surface area contributed by atoms with Gasteiger partial charge in [-0.1, -0.05) is 29.3 Å². The molecule has 128 valence electrons. The Labute approximate surface area is 155 Å². The average Bonchev–Trinajstić information content (AvgIpc) is 2.94. The minimum atomic E-state index is -0.534. The van der Waals surface area contributed by atoms with E-state index in [-0.39, 0.29) is 6.61 Å². The molecule has 0 unspecified atom stereocenters. The van der Waals surface area contributed by atoms with Crippen molar-refractivity contribution < 1.29 is 9.53 Å². The molecule has 1 aromatic heterocycles. The van der Waals surface area contributed by atoms with E-state index in [1.54, 1.807) is 29.5 Å². The first-order valence-electron chi connectivity index (χ1n) is 7.29.